The molecule has 1 aliphatic rings. The molecule has 1 aromatic carbocycles. The average molecular weight is 327 g/mol. The lowest BCUT2D eigenvalue weighted by atomic mass is 9.98. The van der Waals surface area contributed by atoms with E-state index in [1.54, 1.807) is 17.1 Å². The molecule has 1 N–H and O–H groups in total. The van der Waals surface area contributed by atoms with Crippen LogP contribution in [0.3, 0.4) is 0 Å². The van der Waals surface area contributed by atoms with Crippen molar-refractivity contribution in [1.29, 1.82) is 0 Å². The van der Waals surface area contributed by atoms with E-state index in [1.165, 1.54) is 4.90 Å². The number of carbonyl (C=O) groups is 2. The van der Waals surface area contributed by atoms with E-state index in [2.05, 4.69) is 15.6 Å². The maximum Gasteiger partial charge on any atom is 0.325 e. The van der Waals surface area contributed by atoms with E-state index in [-0.39, 0.29) is 23.9 Å². The smallest absolute Gasteiger partial charge is 0.325 e. The second-order valence-electron chi connectivity index (χ2n) is 6.14. The molecule has 0 unspecified atom stereocenters. The molecule has 2 aromatic rings. The monoisotopic (exact) mass is 327 g/mol. The number of hydrogen-bond acceptors (Lipinski definition) is 4. The van der Waals surface area contributed by atoms with Gasteiger partial charge in [0, 0.05) is 0 Å². The van der Waals surface area contributed by atoms with Gasteiger partial charge >= 0.3 is 6.03 Å². The standard InChI is InChI=1S/C17H21N5O2/c1-4-11(2)15-16(23)22(17(24)19-15)12(3)13-5-7-14(8-6-13)21-10-9-18-20-21/h5-12,15H,4H2,1-3H3,(H,19,24)/t11-,12-,15-/m0/s1. The molecule has 3 rings (SSSR count). The van der Waals surface area contributed by atoms with Crippen LogP contribution in [0.15, 0.2) is 36.7 Å². The first-order chi connectivity index (χ1) is 11.5. The molecule has 126 valence electrons. The minimum Gasteiger partial charge on any atom is -0.326 e. The lowest BCUT2D eigenvalue weighted by molar-refractivity contribution is -0.129. The number of hydrogen-bond donors (Lipinski definition) is 1. The predicted molar refractivity (Wildman–Crippen MR) is 88.4 cm³/mol. The number of rotatable bonds is 5. The summed E-state index contributed by atoms with van der Waals surface area (Å²) in [4.78, 5) is 26.2. The first-order valence-corrected chi connectivity index (χ1v) is 8.13. The zero-order valence-corrected chi connectivity index (χ0v) is 14.0. The van der Waals surface area contributed by atoms with Crippen molar-refractivity contribution >= 4 is 11.9 Å². The van der Waals surface area contributed by atoms with Crippen LogP contribution in [0.1, 0.15) is 38.8 Å². The lowest BCUT2D eigenvalue weighted by Crippen LogP contribution is -2.36. The zero-order valence-electron chi connectivity index (χ0n) is 14.0. The van der Waals surface area contributed by atoms with Gasteiger partial charge in [0.25, 0.3) is 5.91 Å². The summed E-state index contributed by atoms with van der Waals surface area (Å²) in [6, 6.07) is 6.52. The van der Waals surface area contributed by atoms with E-state index >= 15 is 0 Å². The van der Waals surface area contributed by atoms with Gasteiger partial charge in [-0.15, -0.1) is 5.10 Å². The summed E-state index contributed by atoms with van der Waals surface area (Å²) >= 11 is 0. The fourth-order valence-electron chi connectivity index (χ4n) is 2.90. The highest BCUT2D eigenvalue weighted by atomic mass is 16.2. The Balaban J connectivity index is 1.80. The second-order valence-corrected chi connectivity index (χ2v) is 6.14. The van der Waals surface area contributed by atoms with E-state index in [9.17, 15) is 9.59 Å². The maximum atomic E-state index is 12.6. The number of urea groups is 1. The fraction of sp³-hybridized carbons (Fsp3) is 0.412. The molecule has 1 saturated heterocycles. The molecular formula is C17H21N5O2. The summed E-state index contributed by atoms with van der Waals surface area (Å²) in [6.07, 6.45) is 4.21. The Bertz CT molecular complexity index is 726. The zero-order chi connectivity index (χ0) is 17.3. The number of aromatic nitrogens is 3. The summed E-state index contributed by atoms with van der Waals surface area (Å²) in [5.74, 6) is -0.0319. The van der Waals surface area contributed by atoms with Crippen molar-refractivity contribution in [2.24, 2.45) is 5.92 Å². The third-order valence-corrected chi connectivity index (χ3v) is 4.66. The molecule has 2 heterocycles. The van der Waals surface area contributed by atoms with Crippen LogP contribution in [0, 0.1) is 5.92 Å². The molecule has 7 nitrogen and oxygen atoms in total. The number of nitrogens with one attached hydrogen (secondary N) is 1. The summed E-state index contributed by atoms with van der Waals surface area (Å²) in [5.41, 5.74) is 1.77. The van der Waals surface area contributed by atoms with Gasteiger partial charge in [-0.3, -0.25) is 9.69 Å². The number of nitrogens with zero attached hydrogens (tertiary/aromatic N) is 4. The maximum absolute atomic E-state index is 12.6. The second kappa shape index (κ2) is 6.43. The van der Waals surface area contributed by atoms with Crippen molar-refractivity contribution in [3.63, 3.8) is 0 Å². The van der Waals surface area contributed by atoms with Crippen molar-refractivity contribution in [2.75, 3.05) is 0 Å². The molecule has 0 bridgehead atoms. The van der Waals surface area contributed by atoms with Gasteiger partial charge in [0.05, 0.1) is 24.1 Å². The van der Waals surface area contributed by atoms with Crippen LogP contribution in [0.2, 0.25) is 0 Å². The van der Waals surface area contributed by atoms with Crippen LogP contribution < -0.4 is 5.32 Å². The average Bonchev–Trinajstić information content (AvgIpc) is 3.22. The minimum absolute atomic E-state index is 0.119. The number of benzene rings is 1. The van der Waals surface area contributed by atoms with E-state index in [4.69, 9.17) is 0 Å². The van der Waals surface area contributed by atoms with Crippen molar-refractivity contribution in [1.82, 2.24) is 25.2 Å². The Morgan fingerprint density at radius 2 is 1.92 bits per heavy atom. The van der Waals surface area contributed by atoms with Gasteiger partial charge in [-0.2, -0.15) is 0 Å². The molecule has 0 saturated carbocycles. The first kappa shape index (κ1) is 16.2. The van der Waals surface area contributed by atoms with Crippen LogP contribution in [-0.4, -0.2) is 37.9 Å². The van der Waals surface area contributed by atoms with Crippen molar-refractivity contribution < 1.29 is 9.59 Å². The minimum atomic E-state index is -0.431. The lowest BCUT2D eigenvalue weighted by Gasteiger charge is -2.23. The molecule has 7 heteroatoms. The Morgan fingerprint density at radius 3 is 2.50 bits per heavy atom. The number of imide groups is 1. The molecule has 3 atom stereocenters. The van der Waals surface area contributed by atoms with Crippen molar-refractivity contribution in [2.45, 2.75) is 39.3 Å². The van der Waals surface area contributed by atoms with Gasteiger partial charge in [0.15, 0.2) is 0 Å². The molecule has 1 fully saturated rings. The summed E-state index contributed by atoms with van der Waals surface area (Å²) in [7, 11) is 0. The van der Waals surface area contributed by atoms with E-state index in [0.29, 0.717) is 0 Å². The first-order valence-electron chi connectivity index (χ1n) is 8.13. The molecule has 0 spiro atoms. The van der Waals surface area contributed by atoms with Crippen molar-refractivity contribution in [3.8, 4) is 5.69 Å². The van der Waals surface area contributed by atoms with Gasteiger partial charge in [-0.05, 0) is 30.5 Å². The molecule has 3 amide bonds. The van der Waals surface area contributed by atoms with Gasteiger partial charge in [-0.25, -0.2) is 9.48 Å². The third kappa shape index (κ3) is 2.77. The van der Waals surface area contributed by atoms with E-state index in [0.717, 1.165) is 17.7 Å². The van der Waals surface area contributed by atoms with Crippen molar-refractivity contribution in [3.05, 3.63) is 42.2 Å². The van der Waals surface area contributed by atoms with E-state index in [1.807, 2.05) is 45.0 Å². The molecule has 0 aliphatic carbocycles. The Kier molecular flexibility index (Phi) is 4.33. The van der Waals surface area contributed by atoms with Crippen LogP contribution >= 0.6 is 0 Å². The number of amides is 3. The summed E-state index contributed by atoms with van der Waals surface area (Å²) in [6.45, 7) is 5.85. The van der Waals surface area contributed by atoms with Crippen LogP contribution in [0.25, 0.3) is 5.69 Å². The normalized spacial score (nSPS) is 20.1. The Hall–Kier alpha value is -2.70. The quantitative estimate of drug-likeness (QED) is 0.855. The number of carbonyl (C=O) groups excluding carboxylic acids is 2. The van der Waals surface area contributed by atoms with Crippen LogP contribution in [0.5, 0.6) is 0 Å². The van der Waals surface area contributed by atoms with Crippen LogP contribution in [0.4, 0.5) is 4.79 Å². The summed E-state index contributed by atoms with van der Waals surface area (Å²) < 4.78 is 1.65. The van der Waals surface area contributed by atoms with Gasteiger partial charge in [0.2, 0.25) is 0 Å². The predicted octanol–water partition coefficient (Wildman–Crippen LogP) is 2.29. The van der Waals surface area contributed by atoms with Gasteiger partial charge in [0.1, 0.15) is 6.04 Å². The fourth-order valence-corrected chi connectivity index (χ4v) is 2.90. The highest BCUT2D eigenvalue weighted by molar-refractivity contribution is 6.04. The van der Waals surface area contributed by atoms with Gasteiger partial charge < -0.3 is 5.32 Å². The summed E-state index contributed by atoms with van der Waals surface area (Å²) in [5, 5.41) is 10.5. The molecule has 0 radical (unpaired) electrons. The molecule has 24 heavy (non-hydrogen) atoms. The third-order valence-electron chi connectivity index (χ3n) is 4.66. The Labute approximate surface area is 140 Å². The Morgan fingerprint density at radius 1 is 1.21 bits per heavy atom. The highest BCUT2D eigenvalue weighted by Gasteiger charge is 2.42. The molecular weight excluding hydrogens is 306 g/mol. The largest absolute Gasteiger partial charge is 0.326 e. The SMILES string of the molecule is CC[C@H](C)[C@@H]1NC(=O)N([C@@H](C)c2ccc(-n3ccnn3)cc2)C1=O. The molecule has 1 aromatic heterocycles. The highest BCUT2D eigenvalue weighted by Crippen LogP contribution is 2.27. The topological polar surface area (TPSA) is 80.1 Å². The van der Waals surface area contributed by atoms with Gasteiger partial charge in [-0.1, -0.05) is 37.6 Å². The van der Waals surface area contributed by atoms with Crippen LogP contribution in [-0.2, 0) is 4.79 Å². The van der Waals surface area contributed by atoms with E-state index < -0.39 is 6.04 Å². The molecule has 1 aliphatic heterocycles.